The number of aliphatic carboxylic acids is 1. The fourth-order valence-corrected chi connectivity index (χ4v) is 3.24. The molecule has 1 aromatic carbocycles. The van der Waals surface area contributed by atoms with Gasteiger partial charge in [-0.3, -0.25) is 9.59 Å². The van der Waals surface area contributed by atoms with Gasteiger partial charge in [-0.25, -0.2) is 4.68 Å². The fourth-order valence-electron chi connectivity index (χ4n) is 3.24. The van der Waals surface area contributed by atoms with Gasteiger partial charge in [0.15, 0.2) is 5.69 Å². The van der Waals surface area contributed by atoms with Gasteiger partial charge in [0.25, 0.3) is 5.91 Å². The molecule has 0 aliphatic heterocycles. The zero-order valence-electron chi connectivity index (χ0n) is 14.6. The number of carbonyl (C=O) groups excluding carboxylic acids is 1. The number of nitrogens with zero attached hydrogens (tertiary/aromatic N) is 2. The number of fused-ring (bicyclic) bond motifs is 1. The molecule has 2 N–H and O–H groups in total. The molecule has 6 nitrogen and oxygen atoms in total. The van der Waals surface area contributed by atoms with Gasteiger partial charge in [0.05, 0.1) is 5.69 Å². The van der Waals surface area contributed by atoms with Gasteiger partial charge in [-0.2, -0.15) is 5.10 Å². The molecule has 0 saturated heterocycles. The summed E-state index contributed by atoms with van der Waals surface area (Å²) in [5.74, 6) is -1.19. The minimum absolute atomic E-state index is 0.0379. The Morgan fingerprint density at radius 2 is 2.00 bits per heavy atom. The van der Waals surface area contributed by atoms with Crippen LogP contribution in [-0.2, 0) is 17.6 Å². The van der Waals surface area contributed by atoms with Gasteiger partial charge in [-0.05, 0) is 44.2 Å². The molecule has 25 heavy (non-hydrogen) atoms. The van der Waals surface area contributed by atoms with E-state index in [-0.39, 0.29) is 18.2 Å². The highest BCUT2D eigenvalue weighted by molar-refractivity contribution is 5.94. The van der Waals surface area contributed by atoms with E-state index in [1.54, 1.807) is 0 Å². The maximum atomic E-state index is 12.6. The number of hydrogen-bond donors (Lipinski definition) is 2. The molecule has 0 radical (unpaired) electrons. The third-order valence-corrected chi connectivity index (χ3v) is 4.56. The van der Waals surface area contributed by atoms with Crippen molar-refractivity contribution < 1.29 is 14.7 Å². The second kappa shape index (κ2) is 7.09. The van der Waals surface area contributed by atoms with Crippen molar-refractivity contribution in [1.82, 2.24) is 15.1 Å². The number of rotatable bonds is 6. The minimum atomic E-state index is -0.855. The van der Waals surface area contributed by atoms with Crippen molar-refractivity contribution in [3.63, 3.8) is 0 Å². The predicted molar refractivity (Wildman–Crippen MR) is 94.1 cm³/mol. The van der Waals surface area contributed by atoms with E-state index in [1.165, 1.54) is 5.56 Å². The summed E-state index contributed by atoms with van der Waals surface area (Å²) >= 11 is 0. The van der Waals surface area contributed by atoms with Crippen LogP contribution in [0.4, 0.5) is 0 Å². The quantitative estimate of drug-likeness (QED) is 0.845. The van der Waals surface area contributed by atoms with Crippen LogP contribution in [-0.4, -0.2) is 33.3 Å². The first-order valence-electron chi connectivity index (χ1n) is 8.63. The molecule has 1 aromatic heterocycles. The lowest BCUT2D eigenvalue weighted by Gasteiger charge is -2.09. The minimum Gasteiger partial charge on any atom is -0.481 e. The Balaban J connectivity index is 1.80. The van der Waals surface area contributed by atoms with Crippen LogP contribution in [0, 0.1) is 12.8 Å². The first-order chi connectivity index (χ1) is 12.0. The number of carboxylic acids is 1. The summed E-state index contributed by atoms with van der Waals surface area (Å²) in [5, 5.41) is 16.2. The predicted octanol–water partition coefficient (Wildman–Crippen LogP) is 2.51. The smallest absolute Gasteiger partial charge is 0.303 e. The third-order valence-electron chi connectivity index (χ3n) is 4.56. The Kier molecular flexibility index (Phi) is 4.88. The third kappa shape index (κ3) is 3.73. The maximum Gasteiger partial charge on any atom is 0.303 e. The molecule has 0 fully saturated rings. The van der Waals surface area contributed by atoms with Crippen LogP contribution in [0.25, 0.3) is 5.69 Å². The molecule has 1 atom stereocenters. The highest BCUT2D eigenvalue weighted by Crippen LogP contribution is 2.28. The van der Waals surface area contributed by atoms with Gasteiger partial charge in [0, 0.05) is 24.2 Å². The van der Waals surface area contributed by atoms with Crippen molar-refractivity contribution in [2.75, 3.05) is 6.54 Å². The van der Waals surface area contributed by atoms with Gasteiger partial charge in [0.1, 0.15) is 0 Å². The Morgan fingerprint density at radius 1 is 1.28 bits per heavy atom. The highest BCUT2D eigenvalue weighted by Gasteiger charge is 2.27. The first kappa shape index (κ1) is 17.2. The van der Waals surface area contributed by atoms with Crippen LogP contribution >= 0.6 is 0 Å². The molecule has 6 heteroatoms. The molecule has 0 saturated carbocycles. The van der Waals surface area contributed by atoms with E-state index >= 15 is 0 Å². The Labute approximate surface area is 146 Å². The normalized spacial score (nSPS) is 14.2. The number of benzene rings is 1. The summed E-state index contributed by atoms with van der Waals surface area (Å²) in [5.41, 5.74) is 4.73. The molecule has 1 heterocycles. The molecule has 132 valence electrons. The lowest BCUT2D eigenvalue weighted by molar-refractivity contribution is -0.137. The number of hydrogen-bond acceptors (Lipinski definition) is 3. The summed E-state index contributed by atoms with van der Waals surface area (Å²) in [4.78, 5) is 23.3. The van der Waals surface area contributed by atoms with Crippen LogP contribution in [0.15, 0.2) is 24.3 Å². The topological polar surface area (TPSA) is 84.2 Å². The van der Waals surface area contributed by atoms with Gasteiger partial charge in [0.2, 0.25) is 0 Å². The Morgan fingerprint density at radius 3 is 2.68 bits per heavy atom. The van der Waals surface area contributed by atoms with E-state index in [0.29, 0.717) is 12.2 Å². The molecule has 1 unspecified atom stereocenters. The summed E-state index contributed by atoms with van der Waals surface area (Å²) in [7, 11) is 0. The summed E-state index contributed by atoms with van der Waals surface area (Å²) in [6, 6.07) is 8.09. The molecule has 1 aliphatic rings. The number of aromatic nitrogens is 2. The molecule has 2 aromatic rings. The second-order valence-corrected chi connectivity index (χ2v) is 6.79. The summed E-state index contributed by atoms with van der Waals surface area (Å²) < 4.78 is 1.87. The van der Waals surface area contributed by atoms with E-state index in [0.717, 1.165) is 36.2 Å². The van der Waals surface area contributed by atoms with Crippen LogP contribution in [0.2, 0.25) is 0 Å². The average molecular weight is 341 g/mol. The van der Waals surface area contributed by atoms with Gasteiger partial charge >= 0.3 is 5.97 Å². The molecular formula is C19H23N3O3. The van der Waals surface area contributed by atoms with Gasteiger partial charge < -0.3 is 10.4 Å². The van der Waals surface area contributed by atoms with E-state index in [9.17, 15) is 9.59 Å². The van der Waals surface area contributed by atoms with Crippen molar-refractivity contribution in [1.29, 1.82) is 0 Å². The molecule has 0 bridgehead atoms. The second-order valence-electron chi connectivity index (χ2n) is 6.79. The first-order valence-corrected chi connectivity index (χ1v) is 8.63. The van der Waals surface area contributed by atoms with Crippen molar-refractivity contribution in [2.24, 2.45) is 5.92 Å². The standard InChI is InChI=1S/C19H23N3O3/c1-12-6-8-14(9-7-12)22-16-5-3-4-15(16)18(21-22)19(25)20-11-13(2)10-17(23)24/h6-9,13H,3-5,10-11H2,1-2H3,(H,20,25)(H,23,24). The molecule has 1 amide bonds. The van der Waals surface area contributed by atoms with Gasteiger partial charge in [-0.15, -0.1) is 0 Å². The largest absolute Gasteiger partial charge is 0.481 e. The Bertz CT molecular complexity index is 793. The summed E-state index contributed by atoms with van der Waals surface area (Å²) in [6.07, 6.45) is 2.83. The SMILES string of the molecule is Cc1ccc(-n2nc(C(=O)NCC(C)CC(=O)O)c3c2CCC3)cc1. The molecule has 0 spiro atoms. The van der Waals surface area contributed by atoms with Crippen LogP contribution in [0.1, 0.15) is 47.1 Å². The molecule has 3 rings (SSSR count). The molecule has 1 aliphatic carbocycles. The van der Waals surface area contributed by atoms with Gasteiger partial charge in [-0.1, -0.05) is 24.6 Å². The number of carboxylic acid groups (broad SMARTS) is 1. The number of carbonyl (C=O) groups is 2. The summed E-state index contributed by atoms with van der Waals surface area (Å²) in [6.45, 7) is 4.18. The lowest BCUT2D eigenvalue weighted by atomic mass is 10.1. The van der Waals surface area contributed by atoms with Crippen molar-refractivity contribution in [3.05, 3.63) is 46.8 Å². The van der Waals surface area contributed by atoms with Crippen LogP contribution in [0.3, 0.4) is 0 Å². The van der Waals surface area contributed by atoms with E-state index in [4.69, 9.17) is 5.11 Å². The average Bonchev–Trinajstić information content (AvgIpc) is 3.15. The monoisotopic (exact) mass is 341 g/mol. The van der Waals surface area contributed by atoms with Crippen molar-refractivity contribution >= 4 is 11.9 Å². The Hall–Kier alpha value is -2.63. The maximum absolute atomic E-state index is 12.6. The van der Waals surface area contributed by atoms with Crippen molar-refractivity contribution in [3.8, 4) is 5.69 Å². The van der Waals surface area contributed by atoms with E-state index in [1.807, 2.05) is 42.8 Å². The number of aryl methyl sites for hydroxylation is 1. The van der Waals surface area contributed by atoms with Crippen LogP contribution in [0.5, 0.6) is 0 Å². The van der Waals surface area contributed by atoms with Crippen molar-refractivity contribution in [2.45, 2.75) is 39.5 Å². The van der Waals surface area contributed by atoms with E-state index < -0.39 is 5.97 Å². The number of nitrogens with one attached hydrogen (secondary N) is 1. The molecular weight excluding hydrogens is 318 g/mol. The highest BCUT2D eigenvalue weighted by atomic mass is 16.4. The zero-order chi connectivity index (χ0) is 18.0. The fraction of sp³-hybridized carbons (Fsp3) is 0.421. The van der Waals surface area contributed by atoms with E-state index in [2.05, 4.69) is 10.4 Å². The number of amides is 1. The van der Waals surface area contributed by atoms with Crippen LogP contribution < -0.4 is 5.32 Å². The zero-order valence-corrected chi connectivity index (χ0v) is 14.6. The lowest BCUT2D eigenvalue weighted by Crippen LogP contribution is -2.30.